The van der Waals surface area contributed by atoms with Gasteiger partial charge in [0.1, 0.15) is 4.90 Å². The van der Waals surface area contributed by atoms with Gasteiger partial charge in [-0.25, -0.2) is 21.6 Å². The summed E-state index contributed by atoms with van der Waals surface area (Å²) in [6.45, 7) is 2.89. The maximum absolute atomic E-state index is 12.0. The van der Waals surface area contributed by atoms with Crippen LogP contribution in [-0.2, 0) is 27.1 Å². The first-order valence-corrected chi connectivity index (χ1v) is 10.2. The first-order valence-electron chi connectivity index (χ1n) is 6.84. The van der Waals surface area contributed by atoms with Crippen molar-refractivity contribution in [3.8, 4) is 0 Å². The van der Waals surface area contributed by atoms with Crippen LogP contribution in [0.5, 0.6) is 0 Å². The van der Waals surface area contributed by atoms with Gasteiger partial charge in [-0.1, -0.05) is 0 Å². The van der Waals surface area contributed by atoms with Crippen molar-refractivity contribution in [3.05, 3.63) is 12.4 Å². The molecule has 9 nitrogen and oxygen atoms in total. The topological polar surface area (TPSA) is 105 Å². The summed E-state index contributed by atoms with van der Waals surface area (Å²) < 4.78 is 52.2. The van der Waals surface area contributed by atoms with Crippen LogP contribution in [0.2, 0.25) is 0 Å². The van der Waals surface area contributed by atoms with E-state index in [1.165, 1.54) is 27.6 Å². The lowest BCUT2D eigenvalue weighted by Gasteiger charge is -2.33. The minimum absolute atomic E-state index is 0.136. The molecule has 1 N–H and O–H groups in total. The van der Waals surface area contributed by atoms with Crippen LogP contribution in [0.3, 0.4) is 0 Å². The Morgan fingerprint density at radius 2 is 1.82 bits per heavy atom. The average molecular weight is 351 g/mol. The minimum Gasteiger partial charge on any atom is -0.299 e. The van der Waals surface area contributed by atoms with E-state index in [1.807, 2.05) is 4.90 Å². The first-order chi connectivity index (χ1) is 10.2. The summed E-state index contributed by atoms with van der Waals surface area (Å²) in [5.74, 6) is 0. The highest BCUT2D eigenvalue weighted by Gasteiger charge is 2.23. The molecule has 1 aliphatic rings. The van der Waals surface area contributed by atoms with Gasteiger partial charge in [-0.2, -0.15) is 9.40 Å². The fourth-order valence-corrected chi connectivity index (χ4v) is 4.07. The zero-order valence-corrected chi connectivity index (χ0v) is 14.3. The van der Waals surface area contributed by atoms with Crippen molar-refractivity contribution in [1.29, 1.82) is 0 Å². The molecule has 0 saturated carbocycles. The third-order valence-corrected chi connectivity index (χ3v) is 6.23. The van der Waals surface area contributed by atoms with Gasteiger partial charge in [0.2, 0.25) is 20.0 Å². The molecular weight excluding hydrogens is 330 g/mol. The van der Waals surface area contributed by atoms with Crippen LogP contribution < -0.4 is 4.72 Å². The Kier molecular flexibility index (Phi) is 5.22. The third-order valence-electron chi connectivity index (χ3n) is 3.51. The Balaban J connectivity index is 1.78. The molecule has 0 radical (unpaired) electrons. The van der Waals surface area contributed by atoms with E-state index in [1.54, 1.807) is 7.05 Å². The number of hydrogen-bond acceptors (Lipinski definition) is 6. The van der Waals surface area contributed by atoms with Crippen LogP contribution in [0.4, 0.5) is 0 Å². The van der Waals surface area contributed by atoms with Crippen LogP contribution in [0.1, 0.15) is 0 Å². The summed E-state index contributed by atoms with van der Waals surface area (Å²) in [6.07, 6.45) is 3.94. The molecular formula is C11H21N5O4S2. The average Bonchev–Trinajstić information content (AvgIpc) is 2.86. The SMILES string of the molecule is Cn1cc(S(=O)(=O)NCCN2CCN(S(C)(=O)=O)CC2)cn1. The molecule has 2 rings (SSSR count). The van der Waals surface area contributed by atoms with Crippen LogP contribution in [0.25, 0.3) is 0 Å². The van der Waals surface area contributed by atoms with Crippen molar-refractivity contribution in [2.75, 3.05) is 45.5 Å². The molecule has 0 aliphatic carbocycles. The molecule has 0 spiro atoms. The van der Waals surface area contributed by atoms with Crippen molar-refractivity contribution >= 4 is 20.0 Å². The van der Waals surface area contributed by atoms with Gasteiger partial charge < -0.3 is 0 Å². The van der Waals surface area contributed by atoms with E-state index in [9.17, 15) is 16.8 Å². The molecule has 1 saturated heterocycles. The van der Waals surface area contributed by atoms with Crippen LogP contribution >= 0.6 is 0 Å². The predicted octanol–water partition coefficient (Wildman–Crippen LogP) is -1.72. The standard InChI is InChI=1S/C11H21N5O4S2/c1-14-10-11(9-12-14)22(19,20)13-3-4-15-5-7-16(8-6-15)21(2,17)18/h9-10,13H,3-8H2,1-2H3. The van der Waals surface area contributed by atoms with Gasteiger partial charge in [0.15, 0.2) is 0 Å². The Hall–Kier alpha value is -1.01. The number of aryl methyl sites for hydroxylation is 1. The summed E-state index contributed by atoms with van der Waals surface area (Å²) in [7, 11) is -5.03. The summed E-state index contributed by atoms with van der Waals surface area (Å²) >= 11 is 0. The molecule has 1 aromatic heterocycles. The second-order valence-electron chi connectivity index (χ2n) is 5.25. The van der Waals surface area contributed by atoms with Gasteiger partial charge in [0, 0.05) is 52.5 Å². The fourth-order valence-electron chi connectivity index (χ4n) is 2.24. The molecule has 0 amide bonds. The quantitative estimate of drug-likeness (QED) is 0.653. The first kappa shape index (κ1) is 17.3. The van der Waals surface area contributed by atoms with Crippen LogP contribution in [0, 0.1) is 0 Å². The maximum atomic E-state index is 12.0. The Bertz CT molecular complexity index is 705. The van der Waals surface area contributed by atoms with E-state index in [0.717, 1.165) is 0 Å². The summed E-state index contributed by atoms with van der Waals surface area (Å²) in [5.41, 5.74) is 0. The van der Waals surface area contributed by atoms with E-state index in [-0.39, 0.29) is 11.4 Å². The fraction of sp³-hybridized carbons (Fsp3) is 0.727. The van der Waals surface area contributed by atoms with E-state index in [0.29, 0.717) is 32.7 Å². The lowest BCUT2D eigenvalue weighted by molar-refractivity contribution is 0.192. The molecule has 0 aromatic carbocycles. The maximum Gasteiger partial charge on any atom is 0.243 e. The lowest BCUT2D eigenvalue weighted by Crippen LogP contribution is -2.49. The second-order valence-corrected chi connectivity index (χ2v) is 9.00. The zero-order valence-electron chi connectivity index (χ0n) is 12.6. The van der Waals surface area contributed by atoms with Gasteiger partial charge in [-0.3, -0.25) is 9.58 Å². The summed E-state index contributed by atoms with van der Waals surface area (Å²) in [5, 5.41) is 3.84. The molecule has 1 fully saturated rings. The number of rotatable bonds is 6. The van der Waals surface area contributed by atoms with Crippen molar-refractivity contribution in [2.24, 2.45) is 7.05 Å². The molecule has 126 valence electrons. The molecule has 11 heteroatoms. The van der Waals surface area contributed by atoms with Crippen molar-refractivity contribution < 1.29 is 16.8 Å². The highest BCUT2D eigenvalue weighted by atomic mass is 32.2. The Morgan fingerprint density at radius 1 is 1.18 bits per heavy atom. The minimum atomic E-state index is -3.54. The molecule has 0 unspecified atom stereocenters. The normalized spacial score (nSPS) is 18.6. The van der Waals surface area contributed by atoms with Gasteiger partial charge in [0.05, 0.1) is 12.5 Å². The van der Waals surface area contributed by atoms with E-state index in [2.05, 4.69) is 9.82 Å². The van der Waals surface area contributed by atoms with E-state index >= 15 is 0 Å². The van der Waals surface area contributed by atoms with Crippen molar-refractivity contribution in [2.45, 2.75) is 4.90 Å². The smallest absolute Gasteiger partial charge is 0.243 e. The van der Waals surface area contributed by atoms with Crippen LogP contribution in [-0.4, -0.2) is 81.3 Å². The summed E-state index contributed by atoms with van der Waals surface area (Å²) in [4.78, 5) is 2.17. The molecule has 22 heavy (non-hydrogen) atoms. The molecule has 1 aromatic rings. The number of sulfonamides is 2. The molecule has 0 bridgehead atoms. The number of nitrogens with zero attached hydrogens (tertiary/aromatic N) is 4. The van der Waals surface area contributed by atoms with Crippen molar-refractivity contribution in [1.82, 2.24) is 23.7 Å². The third kappa shape index (κ3) is 4.49. The zero-order chi connectivity index (χ0) is 16.4. The number of hydrogen-bond donors (Lipinski definition) is 1. The number of nitrogens with one attached hydrogen (secondary N) is 1. The highest BCUT2D eigenvalue weighted by Crippen LogP contribution is 2.07. The van der Waals surface area contributed by atoms with Gasteiger partial charge in [-0.15, -0.1) is 0 Å². The van der Waals surface area contributed by atoms with E-state index in [4.69, 9.17) is 0 Å². The van der Waals surface area contributed by atoms with Crippen LogP contribution in [0.15, 0.2) is 17.3 Å². The number of aromatic nitrogens is 2. The van der Waals surface area contributed by atoms with Gasteiger partial charge in [0.25, 0.3) is 0 Å². The largest absolute Gasteiger partial charge is 0.299 e. The van der Waals surface area contributed by atoms with E-state index < -0.39 is 20.0 Å². The molecule has 2 heterocycles. The Labute approximate surface area is 131 Å². The summed E-state index contributed by atoms with van der Waals surface area (Å²) in [6, 6.07) is 0. The molecule has 1 aliphatic heterocycles. The van der Waals surface area contributed by atoms with Gasteiger partial charge in [-0.05, 0) is 0 Å². The Morgan fingerprint density at radius 3 is 2.32 bits per heavy atom. The monoisotopic (exact) mass is 351 g/mol. The van der Waals surface area contributed by atoms with Crippen molar-refractivity contribution in [3.63, 3.8) is 0 Å². The predicted molar refractivity (Wildman–Crippen MR) is 81.3 cm³/mol. The highest BCUT2D eigenvalue weighted by molar-refractivity contribution is 7.89. The second kappa shape index (κ2) is 6.62. The van der Waals surface area contributed by atoms with Gasteiger partial charge >= 0.3 is 0 Å². The lowest BCUT2D eigenvalue weighted by atomic mass is 10.3. The molecule has 0 atom stereocenters. The number of piperazine rings is 1.